The van der Waals surface area contributed by atoms with E-state index in [0.29, 0.717) is 0 Å². The van der Waals surface area contributed by atoms with Crippen LogP contribution in [0.4, 0.5) is 4.79 Å². The molecule has 0 amide bonds. The quantitative estimate of drug-likeness (QED) is 0.753. The van der Waals surface area contributed by atoms with Crippen LogP contribution >= 0.6 is 0 Å². The standard InChI is InChI=1S/C14H18N2O2/c1-10(2)12-5-4-11(3)8-13(12)18-14(17)16-7-6-15-9-16/h6-9,12-13H,1,4-5H2,2-3H3/t12-,13+/m0/s1. The lowest BCUT2D eigenvalue weighted by Gasteiger charge is -2.29. The molecule has 0 saturated carbocycles. The molecule has 96 valence electrons. The first-order valence-corrected chi connectivity index (χ1v) is 6.09. The van der Waals surface area contributed by atoms with Gasteiger partial charge < -0.3 is 4.74 Å². The second-order valence-electron chi connectivity index (χ2n) is 4.82. The smallest absolute Gasteiger partial charge is 0.419 e. The highest BCUT2D eigenvalue weighted by molar-refractivity contribution is 5.70. The number of allylic oxidation sites excluding steroid dienone is 1. The largest absolute Gasteiger partial charge is 0.441 e. The molecule has 1 aromatic rings. The Morgan fingerprint density at radius 3 is 3.00 bits per heavy atom. The number of aromatic nitrogens is 2. The van der Waals surface area contributed by atoms with Gasteiger partial charge in [-0.2, -0.15) is 0 Å². The van der Waals surface area contributed by atoms with Crippen molar-refractivity contribution in [2.75, 3.05) is 0 Å². The zero-order chi connectivity index (χ0) is 13.1. The van der Waals surface area contributed by atoms with Crippen molar-refractivity contribution in [2.24, 2.45) is 5.92 Å². The molecule has 0 unspecified atom stereocenters. The van der Waals surface area contributed by atoms with Gasteiger partial charge in [0.1, 0.15) is 12.4 Å². The molecule has 0 saturated heterocycles. The van der Waals surface area contributed by atoms with Gasteiger partial charge in [-0.05, 0) is 32.8 Å². The van der Waals surface area contributed by atoms with Crippen molar-refractivity contribution in [1.82, 2.24) is 9.55 Å². The molecule has 0 aliphatic heterocycles. The Hall–Kier alpha value is -1.84. The van der Waals surface area contributed by atoms with Crippen LogP contribution in [0.1, 0.15) is 26.7 Å². The SMILES string of the molecule is C=C(C)[C@@H]1CCC(C)=C[C@H]1OC(=O)n1ccnc1. The van der Waals surface area contributed by atoms with E-state index in [9.17, 15) is 4.79 Å². The summed E-state index contributed by atoms with van der Waals surface area (Å²) in [5.41, 5.74) is 2.32. The van der Waals surface area contributed by atoms with Crippen molar-refractivity contribution in [1.29, 1.82) is 0 Å². The van der Waals surface area contributed by atoms with Crippen LogP contribution in [0.3, 0.4) is 0 Å². The molecular weight excluding hydrogens is 228 g/mol. The highest BCUT2D eigenvalue weighted by Gasteiger charge is 2.27. The fraction of sp³-hybridized carbons (Fsp3) is 0.429. The predicted molar refractivity (Wildman–Crippen MR) is 69.2 cm³/mol. The summed E-state index contributed by atoms with van der Waals surface area (Å²) in [7, 11) is 0. The molecule has 18 heavy (non-hydrogen) atoms. The molecule has 4 heteroatoms. The second kappa shape index (κ2) is 5.21. The van der Waals surface area contributed by atoms with E-state index < -0.39 is 6.09 Å². The summed E-state index contributed by atoms with van der Waals surface area (Å²) in [4.78, 5) is 15.7. The van der Waals surface area contributed by atoms with E-state index in [4.69, 9.17) is 4.74 Å². The van der Waals surface area contributed by atoms with Gasteiger partial charge in [0.25, 0.3) is 0 Å². The minimum absolute atomic E-state index is 0.209. The molecular formula is C14H18N2O2. The van der Waals surface area contributed by atoms with Crippen LogP contribution in [-0.2, 0) is 4.74 Å². The molecule has 0 bridgehead atoms. The van der Waals surface area contributed by atoms with Gasteiger partial charge in [-0.15, -0.1) is 0 Å². The molecule has 1 aliphatic carbocycles. The number of rotatable bonds is 2. The molecule has 0 spiro atoms. The molecule has 2 rings (SSSR count). The number of nitrogens with zero attached hydrogens (tertiary/aromatic N) is 2. The number of hydrogen-bond donors (Lipinski definition) is 0. The van der Waals surface area contributed by atoms with E-state index in [0.717, 1.165) is 18.4 Å². The maximum absolute atomic E-state index is 11.9. The first-order valence-electron chi connectivity index (χ1n) is 6.09. The molecule has 1 aliphatic rings. The second-order valence-corrected chi connectivity index (χ2v) is 4.82. The van der Waals surface area contributed by atoms with Crippen LogP contribution in [0.2, 0.25) is 0 Å². The molecule has 4 nitrogen and oxygen atoms in total. The maximum atomic E-state index is 11.9. The number of hydrogen-bond acceptors (Lipinski definition) is 3. The minimum Gasteiger partial charge on any atom is -0.441 e. The van der Waals surface area contributed by atoms with Crippen LogP contribution in [0.15, 0.2) is 42.5 Å². The zero-order valence-corrected chi connectivity index (χ0v) is 10.8. The van der Waals surface area contributed by atoms with E-state index in [1.807, 2.05) is 13.0 Å². The predicted octanol–water partition coefficient (Wildman–Crippen LogP) is 3.17. The maximum Gasteiger partial charge on any atom is 0.419 e. The van der Waals surface area contributed by atoms with E-state index in [1.165, 1.54) is 16.5 Å². The van der Waals surface area contributed by atoms with Gasteiger partial charge in [0.05, 0.1) is 0 Å². The average Bonchev–Trinajstić information content (AvgIpc) is 2.81. The van der Waals surface area contributed by atoms with Crippen molar-refractivity contribution in [3.63, 3.8) is 0 Å². The molecule has 1 aromatic heterocycles. The minimum atomic E-state index is -0.394. The summed E-state index contributed by atoms with van der Waals surface area (Å²) in [6.07, 6.45) is 8.02. The third-order valence-electron chi connectivity index (χ3n) is 3.28. The van der Waals surface area contributed by atoms with Crippen molar-refractivity contribution >= 4 is 6.09 Å². The van der Waals surface area contributed by atoms with Crippen molar-refractivity contribution in [3.8, 4) is 0 Å². The van der Waals surface area contributed by atoms with Crippen molar-refractivity contribution in [2.45, 2.75) is 32.8 Å². The lowest BCUT2D eigenvalue weighted by atomic mass is 9.84. The van der Waals surface area contributed by atoms with E-state index in [-0.39, 0.29) is 12.0 Å². The van der Waals surface area contributed by atoms with Gasteiger partial charge in [0.15, 0.2) is 0 Å². The van der Waals surface area contributed by atoms with Gasteiger partial charge >= 0.3 is 6.09 Å². The first kappa shape index (κ1) is 12.6. The number of carbonyl (C=O) groups is 1. The summed E-state index contributed by atoms with van der Waals surface area (Å²) >= 11 is 0. The normalized spacial score (nSPS) is 23.3. The summed E-state index contributed by atoms with van der Waals surface area (Å²) in [6.45, 7) is 8.03. The molecule has 0 aromatic carbocycles. The lowest BCUT2D eigenvalue weighted by Crippen LogP contribution is -2.30. The van der Waals surface area contributed by atoms with Gasteiger partial charge in [-0.3, -0.25) is 0 Å². The number of ether oxygens (including phenoxy) is 1. The Bertz CT molecular complexity index is 474. The van der Waals surface area contributed by atoms with Crippen LogP contribution in [0.5, 0.6) is 0 Å². The lowest BCUT2D eigenvalue weighted by molar-refractivity contribution is 0.0925. The molecule has 0 fully saturated rings. The Morgan fingerprint density at radius 2 is 2.39 bits per heavy atom. The monoisotopic (exact) mass is 246 g/mol. The molecule has 1 heterocycles. The van der Waals surface area contributed by atoms with E-state index in [2.05, 4.69) is 18.5 Å². The summed E-state index contributed by atoms with van der Waals surface area (Å²) in [5, 5.41) is 0. The fourth-order valence-corrected chi connectivity index (χ4v) is 2.21. The topological polar surface area (TPSA) is 44.1 Å². The molecule has 0 N–H and O–H groups in total. The summed E-state index contributed by atoms with van der Waals surface area (Å²) < 4.78 is 6.87. The van der Waals surface area contributed by atoms with Gasteiger partial charge in [0, 0.05) is 18.3 Å². The fourth-order valence-electron chi connectivity index (χ4n) is 2.21. The van der Waals surface area contributed by atoms with E-state index >= 15 is 0 Å². The number of carbonyl (C=O) groups excluding carboxylic acids is 1. The summed E-state index contributed by atoms with van der Waals surface area (Å²) in [6, 6.07) is 0. The zero-order valence-electron chi connectivity index (χ0n) is 10.8. The van der Waals surface area contributed by atoms with Gasteiger partial charge in [-0.25, -0.2) is 14.3 Å². The first-order chi connectivity index (χ1) is 8.58. The van der Waals surface area contributed by atoms with Crippen molar-refractivity contribution in [3.05, 3.63) is 42.5 Å². The third kappa shape index (κ3) is 2.70. The van der Waals surface area contributed by atoms with Crippen LogP contribution in [-0.4, -0.2) is 21.7 Å². The molecule has 0 radical (unpaired) electrons. The van der Waals surface area contributed by atoms with Crippen molar-refractivity contribution < 1.29 is 9.53 Å². The third-order valence-corrected chi connectivity index (χ3v) is 3.28. The summed E-state index contributed by atoms with van der Waals surface area (Å²) in [5.74, 6) is 0.209. The Labute approximate surface area is 107 Å². The highest BCUT2D eigenvalue weighted by atomic mass is 16.6. The van der Waals surface area contributed by atoms with Crippen LogP contribution in [0, 0.1) is 5.92 Å². The number of imidazole rings is 1. The van der Waals surface area contributed by atoms with Crippen LogP contribution < -0.4 is 0 Å². The van der Waals surface area contributed by atoms with Gasteiger partial charge in [-0.1, -0.05) is 17.7 Å². The van der Waals surface area contributed by atoms with E-state index in [1.54, 1.807) is 12.4 Å². The highest BCUT2D eigenvalue weighted by Crippen LogP contribution is 2.30. The van der Waals surface area contributed by atoms with Gasteiger partial charge in [0.2, 0.25) is 0 Å². The Morgan fingerprint density at radius 1 is 1.61 bits per heavy atom. The Balaban J connectivity index is 2.12. The average molecular weight is 246 g/mol. The molecule has 2 atom stereocenters. The Kier molecular flexibility index (Phi) is 3.65. The van der Waals surface area contributed by atoms with Crippen LogP contribution in [0.25, 0.3) is 0 Å².